The van der Waals surface area contributed by atoms with E-state index in [2.05, 4.69) is 5.32 Å². The maximum atomic E-state index is 11.5. The Hall–Kier alpha value is -1.59. The van der Waals surface area contributed by atoms with Crippen molar-refractivity contribution in [2.45, 2.75) is 25.8 Å². The summed E-state index contributed by atoms with van der Waals surface area (Å²) in [7, 11) is 0. The van der Waals surface area contributed by atoms with Crippen LogP contribution >= 0.6 is 0 Å². The van der Waals surface area contributed by atoms with Crippen LogP contribution < -0.4 is 5.32 Å². The minimum atomic E-state index is -0.972. The Morgan fingerprint density at radius 1 is 1.60 bits per heavy atom. The zero-order chi connectivity index (χ0) is 11.4. The quantitative estimate of drug-likeness (QED) is 0.602. The highest BCUT2D eigenvalue weighted by Crippen LogP contribution is 2.07. The van der Waals surface area contributed by atoms with Crippen molar-refractivity contribution in [2.24, 2.45) is 0 Å². The van der Waals surface area contributed by atoms with E-state index in [4.69, 9.17) is 5.11 Å². The molecule has 1 heterocycles. The highest BCUT2D eigenvalue weighted by molar-refractivity contribution is 6.35. The molecule has 0 aromatic heterocycles. The molecule has 15 heavy (non-hydrogen) atoms. The molecule has 1 aliphatic rings. The molecular formula is C9H14N2O4. The summed E-state index contributed by atoms with van der Waals surface area (Å²) in [5, 5.41) is 11.1. The fraction of sp³-hybridized carbons (Fsp3) is 0.667. The number of carbonyl (C=O) groups excluding carboxylic acids is 2. The number of rotatable bonds is 3. The van der Waals surface area contributed by atoms with Crippen LogP contribution in [0.4, 0.5) is 0 Å². The fourth-order valence-electron chi connectivity index (χ4n) is 1.54. The number of amides is 2. The third-order valence-corrected chi connectivity index (χ3v) is 2.32. The standard InChI is InChI=1S/C9H14N2O4/c1-6(5-7(12)13)11-4-2-3-10-8(14)9(11)15/h6H,2-5H2,1H3,(H,10,14)(H,12,13). The van der Waals surface area contributed by atoms with Gasteiger partial charge in [0.25, 0.3) is 0 Å². The van der Waals surface area contributed by atoms with E-state index in [0.29, 0.717) is 19.5 Å². The van der Waals surface area contributed by atoms with E-state index >= 15 is 0 Å². The van der Waals surface area contributed by atoms with E-state index in [9.17, 15) is 14.4 Å². The molecule has 2 amide bonds. The first-order valence-corrected chi connectivity index (χ1v) is 4.83. The van der Waals surface area contributed by atoms with Gasteiger partial charge in [0.2, 0.25) is 0 Å². The molecule has 1 unspecified atom stereocenters. The third-order valence-electron chi connectivity index (χ3n) is 2.32. The molecule has 0 spiro atoms. The van der Waals surface area contributed by atoms with E-state index in [-0.39, 0.29) is 6.42 Å². The van der Waals surface area contributed by atoms with E-state index < -0.39 is 23.8 Å². The van der Waals surface area contributed by atoms with Gasteiger partial charge in [-0.2, -0.15) is 0 Å². The van der Waals surface area contributed by atoms with Gasteiger partial charge in [-0.3, -0.25) is 14.4 Å². The molecule has 84 valence electrons. The minimum absolute atomic E-state index is 0.140. The van der Waals surface area contributed by atoms with Crippen molar-refractivity contribution in [3.05, 3.63) is 0 Å². The fourth-order valence-corrected chi connectivity index (χ4v) is 1.54. The lowest BCUT2D eigenvalue weighted by atomic mass is 10.2. The van der Waals surface area contributed by atoms with Crippen LogP contribution in [0.1, 0.15) is 19.8 Å². The van der Waals surface area contributed by atoms with Gasteiger partial charge >= 0.3 is 17.8 Å². The number of nitrogens with zero attached hydrogens (tertiary/aromatic N) is 1. The van der Waals surface area contributed by atoms with Gasteiger partial charge in [0.15, 0.2) is 0 Å². The molecule has 1 aliphatic heterocycles. The summed E-state index contributed by atoms with van der Waals surface area (Å²) in [6.45, 7) is 2.51. The van der Waals surface area contributed by atoms with Crippen LogP contribution in [0.3, 0.4) is 0 Å². The van der Waals surface area contributed by atoms with E-state index in [0.717, 1.165) is 0 Å². The van der Waals surface area contributed by atoms with E-state index in [1.807, 2.05) is 0 Å². The van der Waals surface area contributed by atoms with E-state index in [1.165, 1.54) is 4.90 Å². The van der Waals surface area contributed by atoms with Crippen molar-refractivity contribution in [3.63, 3.8) is 0 Å². The maximum absolute atomic E-state index is 11.5. The van der Waals surface area contributed by atoms with Crippen LogP contribution in [-0.2, 0) is 14.4 Å². The second kappa shape index (κ2) is 4.77. The summed E-state index contributed by atoms with van der Waals surface area (Å²) in [4.78, 5) is 34.5. The average Bonchev–Trinajstić information content (AvgIpc) is 2.29. The molecule has 0 aliphatic carbocycles. The summed E-state index contributed by atoms with van der Waals surface area (Å²) in [6, 6.07) is -0.446. The van der Waals surface area contributed by atoms with Crippen molar-refractivity contribution < 1.29 is 19.5 Å². The van der Waals surface area contributed by atoms with Crippen molar-refractivity contribution in [1.29, 1.82) is 0 Å². The summed E-state index contributed by atoms with van der Waals surface area (Å²) >= 11 is 0. The lowest BCUT2D eigenvalue weighted by molar-refractivity contribution is -0.147. The van der Waals surface area contributed by atoms with Crippen molar-refractivity contribution in [3.8, 4) is 0 Å². The normalized spacial score (nSPS) is 19.4. The molecule has 6 heteroatoms. The Morgan fingerprint density at radius 3 is 2.87 bits per heavy atom. The average molecular weight is 214 g/mol. The van der Waals surface area contributed by atoms with Gasteiger partial charge in [0, 0.05) is 19.1 Å². The highest BCUT2D eigenvalue weighted by Gasteiger charge is 2.28. The first-order valence-electron chi connectivity index (χ1n) is 4.83. The second-order valence-electron chi connectivity index (χ2n) is 3.55. The van der Waals surface area contributed by atoms with Crippen LogP contribution in [0, 0.1) is 0 Å². The molecule has 0 bridgehead atoms. The Balaban J connectivity index is 2.68. The Labute approximate surface area is 87.2 Å². The van der Waals surface area contributed by atoms with Gasteiger partial charge in [0.05, 0.1) is 6.42 Å². The summed E-state index contributed by atoms with van der Waals surface area (Å²) < 4.78 is 0. The van der Waals surface area contributed by atoms with Crippen LogP contribution in [-0.4, -0.2) is 46.9 Å². The molecule has 1 rings (SSSR count). The summed E-state index contributed by atoms with van der Waals surface area (Å²) in [5.74, 6) is -2.26. The first kappa shape index (κ1) is 11.5. The van der Waals surface area contributed by atoms with Crippen LogP contribution in [0.15, 0.2) is 0 Å². The minimum Gasteiger partial charge on any atom is -0.481 e. The second-order valence-corrected chi connectivity index (χ2v) is 3.55. The SMILES string of the molecule is CC(CC(=O)O)N1CCCNC(=O)C1=O. The monoisotopic (exact) mass is 214 g/mol. The highest BCUT2D eigenvalue weighted by atomic mass is 16.4. The van der Waals surface area contributed by atoms with Gasteiger partial charge in [-0.25, -0.2) is 0 Å². The van der Waals surface area contributed by atoms with Gasteiger partial charge < -0.3 is 15.3 Å². The number of hydrogen-bond acceptors (Lipinski definition) is 3. The molecule has 1 saturated heterocycles. The molecular weight excluding hydrogens is 200 g/mol. The van der Waals surface area contributed by atoms with Crippen LogP contribution in [0.5, 0.6) is 0 Å². The van der Waals surface area contributed by atoms with Crippen molar-refractivity contribution >= 4 is 17.8 Å². The van der Waals surface area contributed by atoms with Crippen LogP contribution in [0.2, 0.25) is 0 Å². The number of carboxylic acid groups (broad SMARTS) is 1. The van der Waals surface area contributed by atoms with Gasteiger partial charge in [-0.15, -0.1) is 0 Å². The molecule has 0 aromatic rings. The number of carbonyl (C=O) groups is 3. The zero-order valence-electron chi connectivity index (χ0n) is 8.52. The summed E-state index contributed by atoms with van der Waals surface area (Å²) in [6.07, 6.45) is 0.514. The van der Waals surface area contributed by atoms with E-state index in [1.54, 1.807) is 6.92 Å². The van der Waals surface area contributed by atoms with Gasteiger partial charge in [0.1, 0.15) is 0 Å². The number of nitrogens with one attached hydrogen (secondary N) is 1. The largest absolute Gasteiger partial charge is 0.481 e. The smallest absolute Gasteiger partial charge is 0.312 e. The molecule has 1 fully saturated rings. The van der Waals surface area contributed by atoms with Crippen LogP contribution in [0.25, 0.3) is 0 Å². The zero-order valence-corrected chi connectivity index (χ0v) is 8.52. The maximum Gasteiger partial charge on any atom is 0.312 e. The molecule has 6 nitrogen and oxygen atoms in total. The lowest BCUT2D eigenvalue weighted by Gasteiger charge is -2.25. The predicted octanol–water partition coefficient (Wildman–Crippen LogP) is -0.802. The summed E-state index contributed by atoms with van der Waals surface area (Å²) in [5.41, 5.74) is 0. The predicted molar refractivity (Wildman–Crippen MR) is 51.1 cm³/mol. The van der Waals surface area contributed by atoms with Crippen molar-refractivity contribution in [2.75, 3.05) is 13.1 Å². The first-order chi connectivity index (χ1) is 7.02. The number of carboxylic acids is 1. The van der Waals surface area contributed by atoms with Crippen molar-refractivity contribution in [1.82, 2.24) is 10.2 Å². The number of hydrogen-bond donors (Lipinski definition) is 2. The topological polar surface area (TPSA) is 86.7 Å². The number of aliphatic carboxylic acids is 1. The lowest BCUT2D eigenvalue weighted by Crippen LogP contribution is -2.45. The molecule has 2 N–H and O–H groups in total. The Morgan fingerprint density at radius 2 is 2.27 bits per heavy atom. The Kier molecular flexibility index (Phi) is 3.65. The molecule has 0 saturated carbocycles. The van der Waals surface area contributed by atoms with Gasteiger partial charge in [-0.05, 0) is 13.3 Å². The van der Waals surface area contributed by atoms with Gasteiger partial charge in [-0.1, -0.05) is 0 Å². The molecule has 0 radical (unpaired) electrons. The molecule has 0 aromatic carbocycles. The molecule has 1 atom stereocenters. The third kappa shape index (κ3) is 2.93. The Bertz CT molecular complexity index is 290.